The van der Waals surface area contributed by atoms with Crippen LogP contribution in [0.3, 0.4) is 0 Å². The Labute approximate surface area is 118 Å². The molecule has 0 aliphatic rings. The highest BCUT2D eigenvalue weighted by Crippen LogP contribution is 2.29. The lowest BCUT2D eigenvalue weighted by Crippen LogP contribution is -2.01. The van der Waals surface area contributed by atoms with Crippen LogP contribution in [0.2, 0.25) is 0 Å². The Morgan fingerprint density at radius 2 is 1.95 bits per heavy atom. The van der Waals surface area contributed by atoms with Crippen LogP contribution in [0.25, 0.3) is 11.0 Å². The molecule has 0 radical (unpaired) electrons. The molecule has 3 aromatic rings. The van der Waals surface area contributed by atoms with E-state index >= 15 is 0 Å². The first kappa shape index (κ1) is 12.2. The molecule has 19 heavy (non-hydrogen) atoms. The summed E-state index contributed by atoms with van der Waals surface area (Å²) in [6, 6.07) is 10.9. The van der Waals surface area contributed by atoms with E-state index in [4.69, 9.17) is 8.83 Å². The summed E-state index contributed by atoms with van der Waals surface area (Å²) < 4.78 is 11.6. The number of rotatable bonds is 3. The number of aryl methyl sites for hydroxylation is 1. The van der Waals surface area contributed by atoms with Gasteiger partial charge in [0.2, 0.25) is 5.78 Å². The molecule has 2 heterocycles. The van der Waals surface area contributed by atoms with Gasteiger partial charge < -0.3 is 8.83 Å². The maximum atomic E-state index is 12.5. The van der Waals surface area contributed by atoms with Gasteiger partial charge in [0, 0.05) is 11.8 Å². The fraction of sp³-hybridized carbons (Fsp3) is 0.133. The molecule has 0 aliphatic heterocycles. The maximum absolute atomic E-state index is 12.5. The predicted octanol–water partition coefficient (Wildman–Crippen LogP) is 4.58. The van der Waals surface area contributed by atoms with Crippen LogP contribution >= 0.6 is 15.9 Å². The van der Waals surface area contributed by atoms with Crippen molar-refractivity contribution in [1.82, 2.24) is 0 Å². The van der Waals surface area contributed by atoms with Gasteiger partial charge in [0.25, 0.3) is 0 Å². The smallest absolute Gasteiger partial charge is 0.232 e. The molecule has 96 valence electrons. The van der Waals surface area contributed by atoms with E-state index in [0.717, 1.165) is 11.0 Å². The number of benzene rings is 1. The van der Waals surface area contributed by atoms with E-state index in [2.05, 4.69) is 15.9 Å². The third kappa shape index (κ3) is 2.02. The van der Waals surface area contributed by atoms with Crippen LogP contribution in [-0.4, -0.2) is 5.78 Å². The molecule has 0 unspecified atom stereocenters. The van der Waals surface area contributed by atoms with Crippen LogP contribution in [0, 0.1) is 0 Å². The molecule has 3 nitrogen and oxygen atoms in total. The van der Waals surface area contributed by atoms with Gasteiger partial charge in [-0.05, 0) is 34.1 Å². The van der Waals surface area contributed by atoms with Gasteiger partial charge in [-0.25, -0.2) is 0 Å². The summed E-state index contributed by atoms with van der Waals surface area (Å²) in [6.07, 6.45) is 0.664. The molecule has 0 saturated carbocycles. The fourth-order valence-corrected chi connectivity index (χ4v) is 2.46. The lowest BCUT2D eigenvalue weighted by molar-refractivity contribution is 0.101. The standard InChI is InChI=1S/C15H11BrO3/c1-2-10-14(9-5-3-4-6-11(9)18-10)15(17)12-7-8-13(16)19-12/h3-8H,2H2,1H3. The minimum atomic E-state index is -0.146. The Hall–Kier alpha value is -1.81. The van der Waals surface area contributed by atoms with Crippen molar-refractivity contribution in [3.63, 3.8) is 0 Å². The zero-order chi connectivity index (χ0) is 13.4. The second-order valence-corrected chi connectivity index (χ2v) is 4.96. The lowest BCUT2D eigenvalue weighted by atomic mass is 10.0. The van der Waals surface area contributed by atoms with E-state index in [9.17, 15) is 4.79 Å². The molecule has 0 amide bonds. The molecule has 0 aliphatic carbocycles. The molecule has 0 bridgehead atoms. The summed E-state index contributed by atoms with van der Waals surface area (Å²) in [5.74, 6) is 0.861. The predicted molar refractivity (Wildman–Crippen MR) is 75.4 cm³/mol. The summed E-state index contributed by atoms with van der Waals surface area (Å²) in [7, 11) is 0. The molecule has 3 rings (SSSR count). The van der Waals surface area contributed by atoms with Crippen molar-refractivity contribution in [2.24, 2.45) is 0 Å². The van der Waals surface area contributed by atoms with Gasteiger partial charge in [0.1, 0.15) is 11.3 Å². The summed E-state index contributed by atoms with van der Waals surface area (Å²) in [4.78, 5) is 12.5. The van der Waals surface area contributed by atoms with Crippen LogP contribution in [0.5, 0.6) is 0 Å². The van der Waals surface area contributed by atoms with Gasteiger partial charge in [-0.15, -0.1) is 0 Å². The fourth-order valence-electron chi connectivity index (χ4n) is 2.15. The van der Waals surface area contributed by atoms with Crippen LogP contribution in [-0.2, 0) is 6.42 Å². The molecular weight excluding hydrogens is 308 g/mol. The average molecular weight is 319 g/mol. The van der Waals surface area contributed by atoms with Gasteiger partial charge in [-0.2, -0.15) is 0 Å². The molecule has 2 aromatic heterocycles. The van der Waals surface area contributed by atoms with Gasteiger partial charge >= 0.3 is 0 Å². The number of para-hydroxylation sites is 1. The SMILES string of the molecule is CCc1oc2ccccc2c1C(=O)c1ccc(Br)o1. The lowest BCUT2D eigenvalue weighted by Gasteiger charge is -1.97. The summed E-state index contributed by atoms with van der Waals surface area (Å²) >= 11 is 3.21. The zero-order valence-corrected chi connectivity index (χ0v) is 11.9. The highest BCUT2D eigenvalue weighted by atomic mass is 79.9. The van der Waals surface area contributed by atoms with Crippen molar-refractivity contribution in [2.75, 3.05) is 0 Å². The Kier molecular flexibility index (Phi) is 3.03. The molecule has 4 heteroatoms. The van der Waals surface area contributed by atoms with E-state index in [1.165, 1.54) is 0 Å². The zero-order valence-electron chi connectivity index (χ0n) is 10.3. The first-order valence-corrected chi connectivity index (χ1v) is 6.80. The number of hydrogen-bond donors (Lipinski definition) is 0. The minimum Gasteiger partial charge on any atom is -0.460 e. The van der Waals surface area contributed by atoms with E-state index < -0.39 is 0 Å². The Balaban J connectivity index is 2.21. The van der Waals surface area contributed by atoms with Crippen LogP contribution in [0.15, 0.2) is 49.9 Å². The first-order valence-electron chi connectivity index (χ1n) is 6.01. The first-order chi connectivity index (χ1) is 9.20. The third-order valence-corrected chi connectivity index (χ3v) is 3.44. The van der Waals surface area contributed by atoms with Crippen molar-refractivity contribution >= 4 is 32.7 Å². The van der Waals surface area contributed by atoms with Gasteiger partial charge in [-0.3, -0.25) is 4.79 Å². The van der Waals surface area contributed by atoms with E-state index in [1.807, 2.05) is 31.2 Å². The monoisotopic (exact) mass is 318 g/mol. The minimum absolute atomic E-state index is 0.146. The molecule has 0 fully saturated rings. The van der Waals surface area contributed by atoms with E-state index in [-0.39, 0.29) is 5.78 Å². The second kappa shape index (κ2) is 4.70. The molecule has 0 atom stereocenters. The topological polar surface area (TPSA) is 43.4 Å². The normalized spacial score (nSPS) is 11.1. The van der Waals surface area contributed by atoms with Gasteiger partial charge in [-0.1, -0.05) is 25.1 Å². The molecular formula is C15H11BrO3. The van der Waals surface area contributed by atoms with Gasteiger partial charge in [0.05, 0.1) is 5.56 Å². The van der Waals surface area contributed by atoms with Crippen molar-refractivity contribution < 1.29 is 13.6 Å². The highest BCUT2D eigenvalue weighted by molar-refractivity contribution is 9.10. The van der Waals surface area contributed by atoms with Crippen molar-refractivity contribution in [1.29, 1.82) is 0 Å². The Morgan fingerprint density at radius 1 is 1.16 bits per heavy atom. The van der Waals surface area contributed by atoms with Gasteiger partial charge in [0.15, 0.2) is 10.4 Å². The van der Waals surface area contributed by atoms with Crippen molar-refractivity contribution in [3.05, 3.63) is 58.2 Å². The van der Waals surface area contributed by atoms with Crippen LogP contribution in [0.4, 0.5) is 0 Å². The third-order valence-electron chi connectivity index (χ3n) is 3.01. The summed E-state index contributed by atoms with van der Waals surface area (Å²) in [6.45, 7) is 1.96. The largest absolute Gasteiger partial charge is 0.460 e. The number of carbonyl (C=O) groups is 1. The molecule has 0 N–H and O–H groups in total. The number of carbonyl (C=O) groups excluding carboxylic acids is 1. The number of halogens is 1. The average Bonchev–Trinajstić information content (AvgIpc) is 3.01. The number of fused-ring (bicyclic) bond motifs is 1. The Bertz CT molecular complexity index is 752. The maximum Gasteiger partial charge on any atom is 0.232 e. The van der Waals surface area contributed by atoms with Crippen LogP contribution in [0.1, 0.15) is 28.8 Å². The molecule has 0 spiro atoms. The van der Waals surface area contributed by atoms with E-state index in [1.54, 1.807) is 12.1 Å². The summed E-state index contributed by atoms with van der Waals surface area (Å²) in [5, 5.41) is 0.830. The Morgan fingerprint density at radius 3 is 2.63 bits per heavy atom. The van der Waals surface area contributed by atoms with Crippen molar-refractivity contribution in [3.8, 4) is 0 Å². The number of ketones is 1. The summed E-state index contributed by atoms with van der Waals surface area (Å²) in [5.41, 5.74) is 1.33. The molecule has 0 saturated heterocycles. The molecule has 1 aromatic carbocycles. The quantitative estimate of drug-likeness (QED) is 0.664. The van der Waals surface area contributed by atoms with E-state index in [0.29, 0.717) is 28.2 Å². The number of furan rings is 2. The number of hydrogen-bond acceptors (Lipinski definition) is 3. The second-order valence-electron chi connectivity index (χ2n) is 4.18. The van der Waals surface area contributed by atoms with Crippen molar-refractivity contribution in [2.45, 2.75) is 13.3 Å². The highest BCUT2D eigenvalue weighted by Gasteiger charge is 2.22. The van der Waals surface area contributed by atoms with Crippen LogP contribution < -0.4 is 0 Å².